The van der Waals surface area contributed by atoms with Gasteiger partial charge in [-0.15, -0.1) is 0 Å². The van der Waals surface area contributed by atoms with E-state index < -0.39 is 0 Å². The lowest BCUT2D eigenvalue weighted by Crippen LogP contribution is -2.05. The smallest absolute Gasteiger partial charge is 0.137 e. The fraction of sp³-hybridized carbons (Fsp3) is 0.188. The van der Waals surface area contributed by atoms with Crippen molar-refractivity contribution in [1.82, 2.24) is 15.0 Å². The highest BCUT2D eigenvalue weighted by atomic mass is 15.0. The second-order valence-corrected chi connectivity index (χ2v) is 4.59. The van der Waals surface area contributed by atoms with Crippen molar-refractivity contribution in [3.8, 4) is 0 Å². The number of fused-ring (bicyclic) bond motifs is 1. The van der Waals surface area contributed by atoms with Crippen LogP contribution in [0.3, 0.4) is 0 Å². The molecule has 20 heavy (non-hydrogen) atoms. The summed E-state index contributed by atoms with van der Waals surface area (Å²) in [6.07, 6.45) is 5.43. The molecule has 0 saturated carbocycles. The minimum atomic E-state index is 0.873. The predicted octanol–water partition coefficient (Wildman–Crippen LogP) is 3.07. The SMILES string of the molecule is c1ccc(CCCNc2ncnc3ccccc23)nc1. The third-order valence-corrected chi connectivity index (χ3v) is 3.17. The van der Waals surface area contributed by atoms with E-state index in [2.05, 4.69) is 26.3 Å². The Kier molecular flexibility index (Phi) is 3.83. The van der Waals surface area contributed by atoms with Gasteiger partial charge in [0, 0.05) is 23.8 Å². The number of para-hydroxylation sites is 1. The maximum atomic E-state index is 4.32. The summed E-state index contributed by atoms with van der Waals surface area (Å²) in [7, 11) is 0. The first-order valence-corrected chi connectivity index (χ1v) is 6.77. The largest absolute Gasteiger partial charge is 0.369 e. The highest BCUT2D eigenvalue weighted by Crippen LogP contribution is 2.18. The second kappa shape index (κ2) is 6.10. The van der Waals surface area contributed by atoms with Crippen LogP contribution in [0.5, 0.6) is 0 Å². The number of hydrogen-bond donors (Lipinski definition) is 1. The summed E-state index contributed by atoms with van der Waals surface area (Å²) >= 11 is 0. The molecule has 0 spiro atoms. The Bertz CT molecular complexity index is 677. The molecule has 0 bridgehead atoms. The molecule has 100 valence electrons. The van der Waals surface area contributed by atoms with Crippen LogP contribution in [0.25, 0.3) is 10.9 Å². The van der Waals surface area contributed by atoms with Crippen molar-refractivity contribution in [3.63, 3.8) is 0 Å². The van der Waals surface area contributed by atoms with Crippen molar-refractivity contribution in [2.45, 2.75) is 12.8 Å². The maximum absolute atomic E-state index is 4.32. The molecule has 3 aromatic rings. The Labute approximate surface area is 117 Å². The van der Waals surface area contributed by atoms with E-state index in [1.807, 2.05) is 42.6 Å². The lowest BCUT2D eigenvalue weighted by Gasteiger charge is -2.07. The monoisotopic (exact) mass is 264 g/mol. The van der Waals surface area contributed by atoms with Crippen LogP contribution in [0.2, 0.25) is 0 Å². The summed E-state index contributed by atoms with van der Waals surface area (Å²) < 4.78 is 0. The van der Waals surface area contributed by atoms with Crippen LogP contribution >= 0.6 is 0 Å². The van der Waals surface area contributed by atoms with Gasteiger partial charge in [0.2, 0.25) is 0 Å². The number of nitrogens with zero attached hydrogens (tertiary/aromatic N) is 3. The molecule has 4 heteroatoms. The van der Waals surface area contributed by atoms with Crippen LogP contribution in [0.4, 0.5) is 5.82 Å². The first-order valence-electron chi connectivity index (χ1n) is 6.77. The topological polar surface area (TPSA) is 50.7 Å². The van der Waals surface area contributed by atoms with Crippen LogP contribution in [0, 0.1) is 0 Å². The summed E-state index contributed by atoms with van der Waals surface area (Å²) in [6.45, 7) is 0.873. The van der Waals surface area contributed by atoms with E-state index in [9.17, 15) is 0 Å². The lowest BCUT2D eigenvalue weighted by atomic mass is 10.2. The molecule has 0 aliphatic heterocycles. The zero-order valence-electron chi connectivity index (χ0n) is 11.2. The zero-order chi connectivity index (χ0) is 13.6. The third-order valence-electron chi connectivity index (χ3n) is 3.17. The summed E-state index contributed by atoms with van der Waals surface area (Å²) in [4.78, 5) is 12.9. The molecule has 0 aliphatic rings. The molecular weight excluding hydrogens is 248 g/mol. The molecule has 0 amide bonds. The third kappa shape index (κ3) is 2.91. The summed E-state index contributed by atoms with van der Waals surface area (Å²) in [6, 6.07) is 14.0. The molecule has 0 fully saturated rings. The average Bonchev–Trinajstić information content (AvgIpc) is 2.53. The van der Waals surface area contributed by atoms with Gasteiger partial charge >= 0.3 is 0 Å². The number of pyridine rings is 1. The van der Waals surface area contributed by atoms with Gasteiger partial charge in [-0.2, -0.15) is 0 Å². The standard InChI is InChI=1S/C16H16N4/c1-2-9-15-14(8-1)16(20-12-19-15)18-11-5-7-13-6-3-4-10-17-13/h1-4,6,8-10,12H,5,7,11H2,(H,18,19,20). The molecule has 0 radical (unpaired) electrons. The van der Waals surface area contributed by atoms with E-state index in [-0.39, 0.29) is 0 Å². The molecule has 1 aromatic carbocycles. The van der Waals surface area contributed by atoms with Crippen LogP contribution in [-0.4, -0.2) is 21.5 Å². The summed E-state index contributed by atoms with van der Waals surface area (Å²) in [5.74, 6) is 0.900. The van der Waals surface area contributed by atoms with Gasteiger partial charge in [0.05, 0.1) is 5.52 Å². The van der Waals surface area contributed by atoms with Gasteiger partial charge in [-0.3, -0.25) is 4.98 Å². The van der Waals surface area contributed by atoms with Crippen LogP contribution in [-0.2, 0) is 6.42 Å². The molecule has 2 heterocycles. The Hall–Kier alpha value is -2.49. The van der Waals surface area contributed by atoms with Crippen LogP contribution < -0.4 is 5.32 Å². The summed E-state index contributed by atoms with van der Waals surface area (Å²) in [5, 5.41) is 4.44. The number of anilines is 1. The fourth-order valence-electron chi connectivity index (χ4n) is 2.17. The minimum Gasteiger partial charge on any atom is -0.369 e. The first kappa shape index (κ1) is 12.5. The van der Waals surface area contributed by atoms with Gasteiger partial charge in [0.15, 0.2) is 0 Å². The number of benzene rings is 1. The van der Waals surface area contributed by atoms with Crippen molar-refractivity contribution in [3.05, 3.63) is 60.7 Å². The van der Waals surface area contributed by atoms with Gasteiger partial charge in [-0.1, -0.05) is 18.2 Å². The molecule has 2 aromatic heterocycles. The van der Waals surface area contributed by atoms with Crippen molar-refractivity contribution >= 4 is 16.7 Å². The van der Waals surface area contributed by atoms with E-state index in [0.717, 1.165) is 41.8 Å². The number of rotatable bonds is 5. The van der Waals surface area contributed by atoms with Gasteiger partial charge in [0.1, 0.15) is 12.1 Å². The van der Waals surface area contributed by atoms with Crippen molar-refractivity contribution in [1.29, 1.82) is 0 Å². The van der Waals surface area contributed by atoms with Crippen LogP contribution in [0.1, 0.15) is 12.1 Å². The molecule has 3 rings (SSSR count). The molecule has 0 atom stereocenters. The van der Waals surface area contributed by atoms with Gasteiger partial charge < -0.3 is 5.32 Å². The normalized spacial score (nSPS) is 10.6. The number of hydrogen-bond acceptors (Lipinski definition) is 4. The predicted molar refractivity (Wildman–Crippen MR) is 80.6 cm³/mol. The minimum absolute atomic E-state index is 0.873. The van der Waals surface area contributed by atoms with E-state index >= 15 is 0 Å². The highest BCUT2D eigenvalue weighted by molar-refractivity contribution is 5.88. The number of aryl methyl sites for hydroxylation is 1. The van der Waals surface area contributed by atoms with Crippen molar-refractivity contribution in [2.75, 3.05) is 11.9 Å². The Morgan fingerprint density at radius 1 is 0.900 bits per heavy atom. The van der Waals surface area contributed by atoms with E-state index in [0.29, 0.717) is 0 Å². The van der Waals surface area contributed by atoms with Crippen LogP contribution in [0.15, 0.2) is 55.0 Å². The van der Waals surface area contributed by atoms with E-state index in [1.54, 1.807) is 6.33 Å². The average molecular weight is 264 g/mol. The Morgan fingerprint density at radius 2 is 1.80 bits per heavy atom. The fourth-order valence-corrected chi connectivity index (χ4v) is 2.17. The summed E-state index contributed by atoms with van der Waals surface area (Å²) in [5.41, 5.74) is 2.09. The van der Waals surface area contributed by atoms with E-state index in [1.165, 1.54) is 0 Å². The maximum Gasteiger partial charge on any atom is 0.137 e. The van der Waals surface area contributed by atoms with Gasteiger partial charge in [0.25, 0.3) is 0 Å². The molecular formula is C16H16N4. The quantitative estimate of drug-likeness (QED) is 0.719. The Morgan fingerprint density at radius 3 is 2.70 bits per heavy atom. The molecule has 4 nitrogen and oxygen atoms in total. The molecule has 0 aliphatic carbocycles. The molecule has 1 N–H and O–H groups in total. The highest BCUT2D eigenvalue weighted by Gasteiger charge is 2.01. The first-order chi connectivity index (χ1) is 9.93. The molecule has 0 saturated heterocycles. The zero-order valence-corrected chi connectivity index (χ0v) is 11.2. The molecule has 0 unspecified atom stereocenters. The number of nitrogens with one attached hydrogen (secondary N) is 1. The lowest BCUT2D eigenvalue weighted by molar-refractivity contribution is 0.833. The van der Waals surface area contributed by atoms with E-state index in [4.69, 9.17) is 0 Å². The van der Waals surface area contributed by atoms with Gasteiger partial charge in [-0.25, -0.2) is 9.97 Å². The van der Waals surface area contributed by atoms with Crippen molar-refractivity contribution < 1.29 is 0 Å². The Balaban J connectivity index is 1.60. The van der Waals surface area contributed by atoms with Gasteiger partial charge in [-0.05, 0) is 37.1 Å². The number of aromatic nitrogens is 3. The second-order valence-electron chi connectivity index (χ2n) is 4.59. The van der Waals surface area contributed by atoms with Crippen molar-refractivity contribution in [2.24, 2.45) is 0 Å².